The molecule has 3 heteroatoms. The highest BCUT2D eigenvalue weighted by Crippen LogP contribution is 2.23. The third-order valence-corrected chi connectivity index (χ3v) is 4.07. The highest BCUT2D eigenvalue weighted by molar-refractivity contribution is 5.73. The summed E-state index contributed by atoms with van der Waals surface area (Å²) in [5.74, 6) is -0.179. The zero-order chi connectivity index (χ0) is 14.2. The van der Waals surface area contributed by atoms with Crippen LogP contribution in [0.15, 0.2) is 30.3 Å². The number of ether oxygens (including phenoxy) is 1. The topological polar surface area (TPSA) is 52.3 Å². The minimum atomic E-state index is -0.0903. The van der Waals surface area contributed by atoms with Gasteiger partial charge in [-0.2, -0.15) is 0 Å². The second-order valence-corrected chi connectivity index (χ2v) is 5.67. The minimum Gasteiger partial charge on any atom is -0.465 e. The van der Waals surface area contributed by atoms with Gasteiger partial charge in [-0.05, 0) is 31.2 Å². The van der Waals surface area contributed by atoms with E-state index in [-0.39, 0.29) is 17.9 Å². The van der Waals surface area contributed by atoms with Crippen LogP contribution < -0.4 is 5.73 Å². The summed E-state index contributed by atoms with van der Waals surface area (Å²) in [5, 5.41) is 0. The molecule has 0 amide bonds. The zero-order valence-corrected chi connectivity index (χ0v) is 12.1. The number of aryl methyl sites for hydroxylation is 1. The van der Waals surface area contributed by atoms with Gasteiger partial charge in [0.05, 0.1) is 12.5 Å². The highest BCUT2D eigenvalue weighted by Gasteiger charge is 2.28. The maximum Gasteiger partial charge on any atom is 0.310 e. The van der Waals surface area contributed by atoms with E-state index in [0.29, 0.717) is 6.61 Å². The SMILES string of the molecule is NC1CCCCCC1C(=O)OCCCc1ccccc1. The molecule has 2 unspecified atom stereocenters. The molecule has 0 radical (unpaired) electrons. The van der Waals surface area contributed by atoms with E-state index in [1.807, 2.05) is 18.2 Å². The van der Waals surface area contributed by atoms with E-state index in [4.69, 9.17) is 10.5 Å². The van der Waals surface area contributed by atoms with Crippen molar-refractivity contribution in [3.63, 3.8) is 0 Å². The molecule has 2 N–H and O–H groups in total. The summed E-state index contributed by atoms with van der Waals surface area (Å²) in [7, 11) is 0. The lowest BCUT2D eigenvalue weighted by Gasteiger charge is -2.19. The average Bonchev–Trinajstić information content (AvgIpc) is 2.69. The second-order valence-electron chi connectivity index (χ2n) is 5.67. The Labute approximate surface area is 121 Å². The molecule has 2 rings (SSSR count). The molecule has 1 fully saturated rings. The van der Waals surface area contributed by atoms with E-state index in [1.54, 1.807) is 0 Å². The molecular weight excluding hydrogens is 250 g/mol. The highest BCUT2D eigenvalue weighted by atomic mass is 16.5. The van der Waals surface area contributed by atoms with Crippen LogP contribution in [0.1, 0.15) is 44.1 Å². The molecular formula is C17H25NO2. The Morgan fingerprint density at radius 1 is 1.15 bits per heavy atom. The Kier molecular flexibility index (Phi) is 6.06. The molecule has 1 aromatic carbocycles. The average molecular weight is 275 g/mol. The van der Waals surface area contributed by atoms with E-state index < -0.39 is 0 Å². The van der Waals surface area contributed by atoms with Crippen LogP contribution in [0, 0.1) is 5.92 Å². The molecule has 1 aliphatic carbocycles. The lowest BCUT2D eigenvalue weighted by Crippen LogP contribution is -2.35. The summed E-state index contributed by atoms with van der Waals surface area (Å²) in [5.41, 5.74) is 7.36. The zero-order valence-electron chi connectivity index (χ0n) is 12.1. The van der Waals surface area contributed by atoms with Crippen LogP contribution in [0.3, 0.4) is 0 Å². The van der Waals surface area contributed by atoms with Crippen molar-refractivity contribution in [3.8, 4) is 0 Å². The Balaban J connectivity index is 1.69. The largest absolute Gasteiger partial charge is 0.465 e. The summed E-state index contributed by atoms with van der Waals surface area (Å²) in [6.07, 6.45) is 7.08. The summed E-state index contributed by atoms with van der Waals surface area (Å²) >= 11 is 0. The first kappa shape index (κ1) is 15.0. The first-order valence-corrected chi connectivity index (χ1v) is 7.73. The van der Waals surface area contributed by atoms with Crippen molar-refractivity contribution in [1.29, 1.82) is 0 Å². The summed E-state index contributed by atoms with van der Waals surface area (Å²) in [6, 6.07) is 10.3. The van der Waals surface area contributed by atoms with E-state index in [1.165, 1.54) is 12.0 Å². The summed E-state index contributed by atoms with van der Waals surface area (Å²) in [6.45, 7) is 0.497. The van der Waals surface area contributed by atoms with Crippen molar-refractivity contribution in [3.05, 3.63) is 35.9 Å². The predicted octanol–water partition coefficient (Wildman–Crippen LogP) is 3.07. The van der Waals surface area contributed by atoms with Crippen LogP contribution in [0.25, 0.3) is 0 Å². The maximum absolute atomic E-state index is 12.1. The lowest BCUT2D eigenvalue weighted by molar-refractivity contribution is -0.149. The van der Waals surface area contributed by atoms with Crippen molar-refractivity contribution < 1.29 is 9.53 Å². The van der Waals surface area contributed by atoms with Crippen LogP contribution in [-0.4, -0.2) is 18.6 Å². The van der Waals surface area contributed by atoms with Gasteiger partial charge in [-0.15, -0.1) is 0 Å². The van der Waals surface area contributed by atoms with Gasteiger partial charge in [0.15, 0.2) is 0 Å². The van der Waals surface area contributed by atoms with Gasteiger partial charge in [-0.25, -0.2) is 0 Å². The quantitative estimate of drug-likeness (QED) is 0.510. The van der Waals surface area contributed by atoms with Crippen molar-refractivity contribution in [2.45, 2.75) is 51.0 Å². The molecule has 20 heavy (non-hydrogen) atoms. The van der Waals surface area contributed by atoms with Crippen LogP contribution >= 0.6 is 0 Å². The summed E-state index contributed by atoms with van der Waals surface area (Å²) < 4.78 is 5.41. The molecule has 110 valence electrons. The summed E-state index contributed by atoms with van der Waals surface area (Å²) in [4.78, 5) is 12.1. The smallest absolute Gasteiger partial charge is 0.310 e. The standard InChI is InChI=1S/C17H25NO2/c18-16-12-6-2-5-11-15(16)17(19)20-13-7-10-14-8-3-1-4-9-14/h1,3-4,8-9,15-16H,2,5-7,10-13,18H2. The van der Waals surface area contributed by atoms with Gasteiger partial charge in [0.2, 0.25) is 0 Å². The minimum absolute atomic E-state index is 0.0147. The van der Waals surface area contributed by atoms with Gasteiger partial charge in [0, 0.05) is 6.04 Å². The van der Waals surface area contributed by atoms with Crippen molar-refractivity contribution >= 4 is 5.97 Å². The Hall–Kier alpha value is -1.35. The Morgan fingerprint density at radius 2 is 1.90 bits per heavy atom. The molecule has 3 nitrogen and oxygen atoms in total. The molecule has 0 spiro atoms. The van der Waals surface area contributed by atoms with Gasteiger partial charge in [-0.3, -0.25) is 4.79 Å². The lowest BCUT2D eigenvalue weighted by atomic mass is 9.96. The van der Waals surface area contributed by atoms with Crippen LogP contribution in [-0.2, 0) is 16.0 Å². The number of rotatable bonds is 5. The first-order chi connectivity index (χ1) is 9.77. The van der Waals surface area contributed by atoms with E-state index in [0.717, 1.165) is 38.5 Å². The number of hydrogen-bond acceptors (Lipinski definition) is 3. The van der Waals surface area contributed by atoms with Crippen molar-refractivity contribution in [2.75, 3.05) is 6.61 Å². The third kappa shape index (κ3) is 4.64. The number of carbonyl (C=O) groups is 1. The Bertz CT molecular complexity index is 405. The molecule has 1 aromatic rings. The first-order valence-electron chi connectivity index (χ1n) is 7.73. The van der Waals surface area contributed by atoms with E-state index in [2.05, 4.69) is 12.1 Å². The number of carbonyl (C=O) groups excluding carboxylic acids is 1. The number of benzene rings is 1. The second kappa shape index (κ2) is 8.05. The van der Waals surface area contributed by atoms with Crippen molar-refractivity contribution in [2.24, 2.45) is 11.7 Å². The molecule has 0 aliphatic heterocycles. The van der Waals surface area contributed by atoms with Crippen LogP contribution in [0.4, 0.5) is 0 Å². The molecule has 0 saturated heterocycles. The van der Waals surface area contributed by atoms with Gasteiger partial charge in [-0.1, -0.05) is 49.6 Å². The molecule has 2 atom stereocenters. The monoisotopic (exact) mass is 275 g/mol. The number of esters is 1. The third-order valence-electron chi connectivity index (χ3n) is 4.07. The van der Waals surface area contributed by atoms with Gasteiger partial charge >= 0.3 is 5.97 Å². The van der Waals surface area contributed by atoms with Gasteiger partial charge < -0.3 is 10.5 Å². The van der Waals surface area contributed by atoms with Gasteiger partial charge in [0.1, 0.15) is 0 Å². The molecule has 0 bridgehead atoms. The van der Waals surface area contributed by atoms with Crippen molar-refractivity contribution in [1.82, 2.24) is 0 Å². The fourth-order valence-electron chi connectivity index (χ4n) is 2.83. The molecule has 0 aromatic heterocycles. The fourth-order valence-corrected chi connectivity index (χ4v) is 2.83. The normalized spacial score (nSPS) is 23.1. The van der Waals surface area contributed by atoms with Gasteiger partial charge in [0.25, 0.3) is 0 Å². The molecule has 1 aliphatic rings. The van der Waals surface area contributed by atoms with E-state index >= 15 is 0 Å². The fraction of sp³-hybridized carbons (Fsp3) is 0.588. The molecule has 0 heterocycles. The van der Waals surface area contributed by atoms with Crippen LogP contribution in [0.5, 0.6) is 0 Å². The number of nitrogens with two attached hydrogens (primary N) is 1. The Morgan fingerprint density at radius 3 is 2.70 bits per heavy atom. The predicted molar refractivity (Wildman–Crippen MR) is 80.3 cm³/mol. The van der Waals surface area contributed by atoms with Crippen LogP contribution in [0.2, 0.25) is 0 Å². The number of hydrogen-bond donors (Lipinski definition) is 1. The maximum atomic E-state index is 12.1. The van der Waals surface area contributed by atoms with E-state index in [9.17, 15) is 4.79 Å². The molecule has 1 saturated carbocycles.